The van der Waals surface area contributed by atoms with Crippen molar-refractivity contribution in [3.05, 3.63) is 29.3 Å². The average molecular weight is 207 g/mol. The normalized spacial score (nSPS) is 18.2. The van der Waals surface area contributed by atoms with Crippen molar-refractivity contribution in [1.82, 2.24) is 0 Å². The minimum absolute atomic E-state index is 0.334. The first-order valence-electron chi connectivity index (χ1n) is 5.07. The van der Waals surface area contributed by atoms with Crippen LogP contribution in [0.2, 0.25) is 0 Å². The van der Waals surface area contributed by atoms with E-state index in [1.54, 1.807) is 11.8 Å². The van der Waals surface area contributed by atoms with Gasteiger partial charge in [-0.2, -0.15) is 0 Å². The molecule has 0 bridgehead atoms. The summed E-state index contributed by atoms with van der Waals surface area (Å²) in [6.07, 6.45) is 4.65. The van der Waals surface area contributed by atoms with Crippen molar-refractivity contribution in [2.45, 2.75) is 30.1 Å². The van der Waals surface area contributed by atoms with Gasteiger partial charge in [0.15, 0.2) is 0 Å². The van der Waals surface area contributed by atoms with Gasteiger partial charge < -0.3 is 5.73 Å². The topological polar surface area (TPSA) is 26.0 Å². The second-order valence-electron chi connectivity index (χ2n) is 4.17. The number of thioether (sulfide) groups is 1. The molecule has 0 radical (unpaired) electrons. The highest BCUT2D eigenvalue weighted by atomic mass is 32.2. The smallest absolute Gasteiger partial charge is 0.00788 e. The van der Waals surface area contributed by atoms with Crippen molar-refractivity contribution in [3.8, 4) is 0 Å². The van der Waals surface area contributed by atoms with Gasteiger partial charge in [0, 0.05) is 16.9 Å². The van der Waals surface area contributed by atoms with E-state index in [0.29, 0.717) is 5.41 Å². The Kier molecular flexibility index (Phi) is 2.58. The standard InChI is InChI=1S/C12H17NS/c1-9-7-10(14-2)3-4-11(9)12(8-13)5-6-12/h3-4,7H,5-6,8,13H2,1-2H3. The Morgan fingerprint density at radius 2 is 2.14 bits per heavy atom. The van der Waals surface area contributed by atoms with Gasteiger partial charge in [0.05, 0.1) is 0 Å². The minimum atomic E-state index is 0.334. The van der Waals surface area contributed by atoms with Crippen LogP contribution in [-0.2, 0) is 5.41 Å². The Morgan fingerprint density at radius 3 is 2.57 bits per heavy atom. The summed E-state index contributed by atoms with van der Waals surface area (Å²) in [5.41, 5.74) is 9.04. The summed E-state index contributed by atoms with van der Waals surface area (Å²) in [6, 6.07) is 6.75. The van der Waals surface area contributed by atoms with Gasteiger partial charge in [0.25, 0.3) is 0 Å². The molecule has 0 atom stereocenters. The fourth-order valence-corrected chi connectivity index (χ4v) is 2.59. The molecule has 2 N–H and O–H groups in total. The molecule has 0 aromatic heterocycles. The molecule has 1 aliphatic rings. The lowest BCUT2D eigenvalue weighted by molar-refractivity contribution is 0.698. The van der Waals surface area contributed by atoms with E-state index in [9.17, 15) is 0 Å². The molecule has 1 saturated carbocycles. The summed E-state index contributed by atoms with van der Waals surface area (Å²) in [4.78, 5) is 1.35. The van der Waals surface area contributed by atoms with Gasteiger partial charge in [0.2, 0.25) is 0 Å². The highest BCUT2D eigenvalue weighted by molar-refractivity contribution is 7.98. The zero-order chi connectivity index (χ0) is 10.2. The molecule has 1 aromatic rings. The molecule has 1 aromatic carbocycles. The lowest BCUT2D eigenvalue weighted by Gasteiger charge is -2.16. The number of hydrogen-bond acceptors (Lipinski definition) is 2. The molecule has 14 heavy (non-hydrogen) atoms. The summed E-state index contributed by atoms with van der Waals surface area (Å²) in [6.45, 7) is 3.00. The largest absolute Gasteiger partial charge is 0.330 e. The van der Waals surface area contributed by atoms with E-state index in [4.69, 9.17) is 5.73 Å². The first-order valence-corrected chi connectivity index (χ1v) is 6.29. The quantitative estimate of drug-likeness (QED) is 0.771. The summed E-state index contributed by atoms with van der Waals surface area (Å²) in [7, 11) is 0. The lowest BCUT2D eigenvalue weighted by Crippen LogP contribution is -2.20. The Labute approximate surface area is 90.1 Å². The van der Waals surface area contributed by atoms with Crippen molar-refractivity contribution >= 4 is 11.8 Å². The molecule has 76 valence electrons. The Hall–Kier alpha value is -0.470. The van der Waals surface area contributed by atoms with Crippen molar-refractivity contribution in [2.24, 2.45) is 5.73 Å². The predicted octanol–water partition coefficient (Wildman–Crippen LogP) is 2.71. The van der Waals surface area contributed by atoms with Gasteiger partial charge >= 0.3 is 0 Å². The van der Waals surface area contributed by atoms with Crippen molar-refractivity contribution in [1.29, 1.82) is 0 Å². The van der Waals surface area contributed by atoms with E-state index in [-0.39, 0.29) is 0 Å². The second kappa shape index (κ2) is 3.59. The zero-order valence-corrected chi connectivity index (χ0v) is 9.66. The van der Waals surface area contributed by atoms with Crippen LogP contribution in [0.1, 0.15) is 24.0 Å². The zero-order valence-electron chi connectivity index (χ0n) is 8.84. The molecule has 0 heterocycles. The molecular formula is C12H17NS. The maximum Gasteiger partial charge on any atom is 0.00788 e. The molecule has 1 fully saturated rings. The summed E-state index contributed by atoms with van der Waals surface area (Å²) in [5.74, 6) is 0. The monoisotopic (exact) mass is 207 g/mol. The third-order valence-electron chi connectivity index (χ3n) is 3.25. The number of rotatable bonds is 3. The van der Waals surface area contributed by atoms with Gasteiger partial charge in [-0.1, -0.05) is 6.07 Å². The van der Waals surface area contributed by atoms with E-state index >= 15 is 0 Å². The van der Waals surface area contributed by atoms with Crippen LogP contribution < -0.4 is 5.73 Å². The van der Waals surface area contributed by atoms with Crippen LogP contribution in [0.3, 0.4) is 0 Å². The van der Waals surface area contributed by atoms with Crippen LogP contribution in [0.15, 0.2) is 23.1 Å². The minimum Gasteiger partial charge on any atom is -0.330 e. The van der Waals surface area contributed by atoms with Crippen molar-refractivity contribution < 1.29 is 0 Å². The van der Waals surface area contributed by atoms with Gasteiger partial charge in [-0.25, -0.2) is 0 Å². The van der Waals surface area contributed by atoms with Crippen LogP contribution >= 0.6 is 11.8 Å². The van der Waals surface area contributed by atoms with Gasteiger partial charge in [-0.3, -0.25) is 0 Å². The number of nitrogens with two attached hydrogens (primary N) is 1. The van der Waals surface area contributed by atoms with Gasteiger partial charge in [-0.05, 0) is 49.3 Å². The first kappa shape index (κ1) is 10.1. The molecule has 0 amide bonds. The van der Waals surface area contributed by atoms with E-state index in [2.05, 4.69) is 31.4 Å². The Balaban J connectivity index is 2.36. The van der Waals surface area contributed by atoms with E-state index in [1.165, 1.54) is 28.9 Å². The second-order valence-corrected chi connectivity index (χ2v) is 5.04. The fraction of sp³-hybridized carbons (Fsp3) is 0.500. The van der Waals surface area contributed by atoms with Crippen LogP contribution in [-0.4, -0.2) is 12.8 Å². The SMILES string of the molecule is CSc1ccc(C2(CN)CC2)c(C)c1. The van der Waals surface area contributed by atoms with Crippen molar-refractivity contribution in [2.75, 3.05) is 12.8 Å². The molecule has 2 heteroatoms. The van der Waals surface area contributed by atoms with E-state index < -0.39 is 0 Å². The average Bonchev–Trinajstić information content (AvgIpc) is 2.98. The summed E-state index contributed by atoms with van der Waals surface area (Å²) < 4.78 is 0. The number of benzene rings is 1. The molecular weight excluding hydrogens is 190 g/mol. The lowest BCUT2D eigenvalue weighted by atomic mass is 9.92. The van der Waals surface area contributed by atoms with Gasteiger partial charge in [-0.15, -0.1) is 11.8 Å². The maximum absolute atomic E-state index is 5.84. The van der Waals surface area contributed by atoms with Crippen LogP contribution in [0.5, 0.6) is 0 Å². The highest BCUT2D eigenvalue weighted by Gasteiger charge is 2.43. The molecule has 0 aliphatic heterocycles. The summed E-state index contributed by atoms with van der Waals surface area (Å²) >= 11 is 1.80. The maximum atomic E-state index is 5.84. The predicted molar refractivity (Wildman–Crippen MR) is 62.9 cm³/mol. The molecule has 2 rings (SSSR count). The molecule has 0 saturated heterocycles. The number of aryl methyl sites for hydroxylation is 1. The fourth-order valence-electron chi connectivity index (χ4n) is 2.09. The van der Waals surface area contributed by atoms with Crippen molar-refractivity contribution in [3.63, 3.8) is 0 Å². The third-order valence-corrected chi connectivity index (χ3v) is 3.97. The molecule has 1 nitrogen and oxygen atoms in total. The Bertz CT molecular complexity index is 342. The third kappa shape index (κ3) is 1.57. The molecule has 1 aliphatic carbocycles. The van der Waals surface area contributed by atoms with Crippen LogP contribution in [0.25, 0.3) is 0 Å². The van der Waals surface area contributed by atoms with Gasteiger partial charge in [0.1, 0.15) is 0 Å². The number of hydrogen-bond donors (Lipinski definition) is 1. The highest BCUT2D eigenvalue weighted by Crippen LogP contribution is 2.48. The molecule has 0 spiro atoms. The van der Waals surface area contributed by atoms with E-state index in [1.807, 2.05) is 0 Å². The first-order chi connectivity index (χ1) is 6.72. The Morgan fingerprint density at radius 1 is 1.43 bits per heavy atom. The van der Waals surface area contributed by atoms with Crippen LogP contribution in [0, 0.1) is 6.92 Å². The molecule has 0 unspecified atom stereocenters. The summed E-state index contributed by atoms with van der Waals surface area (Å²) in [5, 5.41) is 0. The van der Waals surface area contributed by atoms with Crippen LogP contribution in [0.4, 0.5) is 0 Å². The van der Waals surface area contributed by atoms with E-state index in [0.717, 1.165) is 6.54 Å².